The molecule has 0 aliphatic rings. The molecule has 1 heterocycles. The Labute approximate surface area is 166 Å². The highest BCUT2D eigenvalue weighted by Crippen LogP contribution is 2.19. The van der Waals surface area contributed by atoms with Gasteiger partial charge in [0.05, 0.1) is 12.3 Å². The van der Waals surface area contributed by atoms with Crippen LogP contribution in [0, 0.1) is 5.82 Å². The number of nitrogens with one attached hydrogen (secondary N) is 1. The van der Waals surface area contributed by atoms with Crippen molar-refractivity contribution in [2.24, 2.45) is 0 Å². The summed E-state index contributed by atoms with van der Waals surface area (Å²) in [5, 5.41) is 11.3. The summed E-state index contributed by atoms with van der Waals surface area (Å²) in [6.07, 6.45) is 1.69. The van der Waals surface area contributed by atoms with Crippen molar-refractivity contribution < 1.29 is 18.7 Å². The topological polar surface area (TPSA) is 89.3 Å². The van der Waals surface area contributed by atoms with Gasteiger partial charge in [0.2, 0.25) is 11.8 Å². The summed E-state index contributed by atoms with van der Waals surface area (Å²) in [5.41, 5.74) is 0. The SMILES string of the molecule is C=CCn1c(COc2ccc(F)cc2)nnc1SCC(=O)NCC(=O)N(C)C. The van der Waals surface area contributed by atoms with Crippen molar-refractivity contribution in [1.29, 1.82) is 0 Å². The summed E-state index contributed by atoms with van der Waals surface area (Å²) in [4.78, 5) is 24.8. The molecule has 28 heavy (non-hydrogen) atoms. The van der Waals surface area contributed by atoms with Crippen LogP contribution < -0.4 is 10.1 Å². The van der Waals surface area contributed by atoms with Crippen molar-refractivity contribution in [3.8, 4) is 5.75 Å². The van der Waals surface area contributed by atoms with Crippen LogP contribution in [-0.4, -0.2) is 57.9 Å². The normalized spacial score (nSPS) is 10.4. The molecule has 2 aromatic rings. The fourth-order valence-electron chi connectivity index (χ4n) is 2.04. The van der Waals surface area contributed by atoms with Crippen LogP contribution in [0.5, 0.6) is 5.75 Å². The zero-order valence-electron chi connectivity index (χ0n) is 15.7. The Balaban J connectivity index is 1.93. The maximum Gasteiger partial charge on any atom is 0.241 e. The number of allylic oxidation sites excluding steroid dienone is 1. The lowest BCUT2D eigenvalue weighted by molar-refractivity contribution is -0.130. The van der Waals surface area contributed by atoms with E-state index in [1.54, 1.807) is 24.7 Å². The molecule has 0 radical (unpaired) electrons. The lowest BCUT2D eigenvalue weighted by Gasteiger charge is -2.11. The van der Waals surface area contributed by atoms with Crippen LogP contribution in [0.4, 0.5) is 4.39 Å². The van der Waals surface area contributed by atoms with Crippen molar-refractivity contribution in [3.05, 3.63) is 48.6 Å². The molecule has 0 fully saturated rings. The predicted octanol–water partition coefficient (Wildman–Crippen LogP) is 1.48. The molecule has 1 N–H and O–H groups in total. The number of aromatic nitrogens is 3. The fraction of sp³-hybridized carbons (Fsp3) is 0.333. The molecule has 0 saturated carbocycles. The summed E-state index contributed by atoms with van der Waals surface area (Å²) < 4.78 is 20.3. The number of amides is 2. The molecule has 150 valence electrons. The molecule has 0 aliphatic heterocycles. The molecule has 1 aromatic carbocycles. The van der Waals surface area contributed by atoms with Crippen molar-refractivity contribution in [2.75, 3.05) is 26.4 Å². The number of thioether (sulfide) groups is 1. The Kier molecular flexibility index (Phi) is 8.00. The van der Waals surface area contributed by atoms with E-state index in [0.29, 0.717) is 23.3 Å². The molecule has 10 heteroatoms. The maximum atomic E-state index is 13.0. The van der Waals surface area contributed by atoms with E-state index in [4.69, 9.17) is 4.74 Å². The van der Waals surface area contributed by atoms with Gasteiger partial charge in [-0.15, -0.1) is 16.8 Å². The number of carbonyl (C=O) groups is 2. The van der Waals surface area contributed by atoms with Crippen LogP contribution in [0.15, 0.2) is 42.1 Å². The fourth-order valence-corrected chi connectivity index (χ4v) is 2.83. The molecule has 2 amide bonds. The molecular weight excluding hydrogens is 385 g/mol. The van der Waals surface area contributed by atoms with Gasteiger partial charge in [0.15, 0.2) is 11.0 Å². The highest BCUT2D eigenvalue weighted by atomic mass is 32.2. The summed E-state index contributed by atoms with van der Waals surface area (Å²) in [6, 6.07) is 5.67. The minimum atomic E-state index is -0.341. The van der Waals surface area contributed by atoms with Crippen LogP contribution in [0.25, 0.3) is 0 Å². The van der Waals surface area contributed by atoms with E-state index in [1.807, 2.05) is 0 Å². The van der Waals surface area contributed by atoms with Gasteiger partial charge in [0.1, 0.15) is 18.2 Å². The van der Waals surface area contributed by atoms with Crippen molar-refractivity contribution in [2.45, 2.75) is 18.3 Å². The molecule has 0 atom stereocenters. The number of likely N-dealkylation sites (N-methyl/N-ethyl adjacent to an activating group) is 1. The van der Waals surface area contributed by atoms with E-state index >= 15 is 0 Å². The second-order valence-corrected chi connectivity index (χ2v) is 6.84. The second-order valence-electron chi connectivity index (χ2n) is 5.89. The Morgan fingerprint density at radius 2 is 2.04 bits per heavy atom. The van der Waals surface area contributed by atoms with Crippen molar-refractivity contribution >= 4 is 23.6 Å². The number of ether oxygens (including phenoxy) is 1. The summed E-state index contributed by atoms with van der Waals surface area (Å²) >= 11 is 1.20. The lowest BCUT2D eigenvalue weighted by atomic mass is 10.3. The average Bonchev–Trinajstić information content (AvgIpc) is 3.06. The zero-order chi connectivity index (χ0) is 20.5. The van der Waals surface area contributed by atoms with Gasteiger partial charge in [0, 0.05) is 20.6 Å². The van der Waals surface area contributed by atoms with E-state index < -0.39 is 0 Å². The summed E-state index contributed by atoms with van der Waals surface area (Å²) in [5.74, 6) is 0.343. The van der Waals surface area contributed by atoms with E-state index in [0.717, 1.165) is 0 Å². The molecule has 0 bridgehead atoms. The number of hydrogen-bond donors (Lipinski definition) is 1. The Hall–Kier alpha value is -2.88. The number of rotatable bonds is 10. The summed E-state index contributed by atoms with van der Waals surface area (Å²) in [7, 11) is 3.24. The largest absolute Gasteiger partial charge is 0.486 e. The molecule has 2 rings (SSSR count). The molecular formula is C18H22FN5O3S. The molecule has 0 spiro atoms. The monoisotopic (exact) mass is 407 g/mol. The molecule has 8 nitrogen and oxygen atoms in total. The molecule has 0 saturated heterocycles. The first-order valence-electron chi connectivity index (χ1n) is 8.41. The first-order chi connectivity index (χ1) is 13.4. The third-order valence-corrected chi connectivity index (χ3v) is 4.52. The zero-order valence-corrected chi connectivity index (χ0v) is 16.5. The van der Waals surface area contributed by atoms with Gasteiger partial charge in [-0.25, -0.2) is 4.39 Å². The number of halogens is 1. The second kappa shape index (κ2) is 10.5. The summed E-state index contributed by atoms with van der Waals surface area (Å²) in [6.45, 7) is 4.24. The first-order valence-corrected chi connectivity index (χ1v) is 9.40. The Bertz CT molecular complexity index is 823. The van der Waals surface area contributed by atoms with Crippen LogP contribution in [0.1, 0.15) is 5.82 Å². The van der Waals surface area contributed by atoms with Gasteiger partial charge in [-0.3, -0.25) is 14.2 Å². The quantitative estimate of drug-likeness (QED) is 0.474. The number of nitrogens with zero attached hydrogens (tertiary/aromatic N) is 4. The van der Waals surface area contributed by atoms with Crippen LogP contribution >= 0.6 is 11.8 Å². The lowest BCUT2D eigenvalue weighted by Crippen LogP contribution is -2.37. The van der Waals surface area contributed by atoms with Crippen molar-refractivity contribution in [3.63, 3.8) is 0 Å². The highest BCUT2D eigenvalue weighted by molar-refractivity contribution is 7.99. The standard InChI is InChI=1S/C18H22FN5O3S/c1-4-9-24-15(11-27-14-7-5-13(19)6-8-14)21-22-18(24)28-12-16(25)20-10-17(26)23(2)3/h4-8H,1,9-12H2,2-3H3,(H,20,25). The van der Waals surface area contributed by atoms with Crippen molar-refractivity contribution in [1.82, 2.24) is 25.0 Å². The first kappa shape index (κ1) is 21.4. The number of hydrogen-bond acceptors (Lipinski definition) is 6. The van der Waals surface area contributed by atoms with Gasteiger partial charge in [-0.05, 0) is 24.3 Å². The molecule has 1 aromatic heterocycles. The third kappa shape index (κ3) is 6.38. The van der Waals surface area contributed by atoms with E-state index in [-0.39, 0.29) is 36.5 Å². The highest BCUT2D eigenvalue weighted by Gasteiger charge is 2.15. The van der Waals surface area contributed by atoms with E-state index in [9.17, 15) is 14.0 Å². The van der Waals surface area contributed by atoms with Gasteiger partial charge < -0.3 is 15.0 Å². The van der Waals surface area contributed by atoms with Crippen LogP contribution in [0.2, 0.25) is 0 Å². The smallest absolute Gasteiger partial charge is 0.241 e. The number of carbonyl (C=O) groups excluding carboxylic acids is 2. The van der Waals surface area contributed by atoms with E-state index in [2.05, 4.69) is 22.1 Å². The Morgan fingerprint density at radius 1 is 1.32 bits per heavy atom. The van der Waals surface area contributed by atoms with Gasteiger partial charge in [-0.2, -0.15) is 0 Å². The van der Waals surface area contributed by atoms with Gasteiger partial charge >= 0.3 is 0 Å². The van der Waals surface area contributed by atoms with Gasteiger partial charge in [0.25, 0.3) is 0 Å². The predicted molar refractivity (Wildman–Crippen MR) is 103 cm³/mol. The molecule has 0 aliphatic carbocycles. The molecule has 0 unspecified atom stereocenters. The number of benzene rings is 1. The Morgan fingerprint density at radius 3 is 2.68 bits per heavy atom. The minimum absolute atomic E-state index is 0.0531. The minimum Gasteiger partial charge on any atom is -0.486 e. The maximum absolute atomic E-state index is 13.0. The average molecular weight is 407 g/mol. The van der Waals surface area contributed by atoms with Gasteiger partial charge in [-0.1, -0.05) is 17.8 Å². The van der Waals surface area contributed by atoms with Crippen LogP contribution in [-0.2, 0) is 22.7 Å². The van der Waals surface area contributed by atoms with Crippen LogP contribution in [0.3, 0.4) is 0 Å². The third-order valence-electron chi connectivity index (χ3n) is 3.55. The van der Waals surface area contributed by atoms with E-state index in [1.165, 1.54) is 40.9 Å².